The van der Waals surface area contributed by atoms with Crippen molar-refractivity contribution in [2.24, 2.45) is 0 Å². The number of hydrogen-bond donors (Lipinski definition) is 2. The smallest absolute Gasteiger partial charge is 0.320 e. The lowest BCUT2D eigenvalue weighted by atomic mass is 10.5. The third-order valence-corrected chi connectivity index (χ3v) is 3.08. The summed E-state index contributed by atoms with van der Waals surface area (Å²) in [5.41, 5.74) is 0. The summed E-state index contributed by atoms with van der Waals surface area (Å²) in [5.74, 6) is -0.382. The van der Waals surface area contributed by atoms with Crippen LogP contribution in [0.25, 0.3) is 0 Å². The van der Waals surface area contributed by atoms with Crippen LogP contribution < -0.4 is 10.2 Å². The molecule has 0 saturated heterocycles. The van der Waals surface area contributed by atoms with E-state index >= 15 is 0 Å². The van der Waals surface area contributed by atoms with E-state index in [1.165, 1.54) is 0 Å². The van der Waals surface area contributed by atoms with Crippen LogP contribution in [-0.4, -0.2) is 32.3 Å². The summed E-state index contributed by atoms with van der Waals surface area (Å²) >= 11 is 0. The molecule has 14 heavy (non-hydrogen) atoms. The van der Waals surface area contributed by atoms with Gasteiger partial charge in [0.05, 0.1) is 6.61 Å². The van der Waals surface area contributed by atoms with Gasteiger partial charge >= 0.3 is 5.97 Å². The van der Waals surface area contributed by atoms with E-state index in [1.54, 1.807) is 13.6 Å². The molecule has 0 fully saturated rings. The lowest BCUT2D eigenvalue weighted by Gasteiger charge is -2.14. The van der Waals surface area contributed by atoms with Crippen LogP contribution in [0.1, 0.15) is 20.3 Å². The maximum absolute atomic E-state index is 11.7. The molecular formula is C8H19N2O3P. The van der Waals surface area contributed by atoms with E-state index in [0.29, 0.717) is 13.2 Å². The fourth-order valence-corrected chi connectivity index (χ4v) is 2.00. The van der Waals surface area contributed by atoms with Gasteiger partial charge in [-0.2, -0.15) is 0 Å². The van der Waals surface area contributed by atoms with E-state index in [1.807, 2.05) is 6.92 Å². The number of hydrogen-bond acceptors (Lipinski definition) is 3. The number of carbonyl (C=O) groups is 1. The van der Waals surface area contributed by atoms with Gasteiger partial charge in [0, 0.05) is 13.2 Å². The van der Waals surface area contributed by atoms with Crippen LogP contribution in [0.3, 0.4) is 0 Å². The first-order chi connectivity index (χ1) is 6.52. The van der Waals surface area contributed by atoms with Gasteiger partial charge in [-0.25, -0.2) is 5.09 Å². The van der Waals surface area contributed by atoms with E-state index in [4.69, 9.17) is 4.74 Å². The highest BCUT2D eigenvalue weighted by atomic mass is 31.2. The fourth-order valence-electron chi connectivity index (χ4n) is 0.808. The number of nitrogens with one attached hydrogen (secondary N) is 2. The van der Waals surface area contributed by atoms with Gasteiger partial charge in [-0.1, -0.05) is 6.92 Å². The van der Waals surface area contributed by atoms with Crippen molar-refractivity contribution < 1.29 is 14.1 Å². The predicted molar refractivity (Wildman–Crippen MR) is 56.5 cm³/mol. The third kappa shape index (κ3) is 7.06. The zero-order valence-electron chi connectivity index (χ0n) is 9.00. The second-order valence-corrected chi connectivity index (χ2v) is 5.45. The molecule has 0 aromatic carbocycles. The summed E-state index contributed by atoms with van der Waals surface area (Å²) in [6.45, 7) is 6.28. The fraction of sp³-hybridized carbons (Fsp3) is 0.875. The number of rotatable bonds is 7. The first-order valence-corrected chi connectivity index (χ1v) is 6.90. The summed E-state index contributed by atoms with van der Waals surface area (Å²) in [4.78, 5) is 10.9. The van der Waals surface area contributed by atoms with E-state index in [-0.39, 0.29) is 12.5 Å². The third-order valence-electron chi connectivity index (χ3n) is 1.49. The van der Waals surface area contributed by atoms with Crippen LogP contribution in [0.2, 0.25) is 0 Å². The molecule has 0 aliphatic rings. The lowest BCUT2D eigenvalue weighted by molar-refractivity contribution is -0.141. The van der Waals surface area contributed by atoms with Crippen LogP contribution in [-0.2, 0) is 14.1 Å². The number of carbonyl (C=O) groups excluding carboxylic acids is 1. The lowest BCUT2D eigenvalue weighted by Crippen LogP contribution is -2.28. The van der Waals surface area contributed by atoms with Crippen molar-refractivity contribution in [3.05, 3.63) is 0 Å². The topological polar surface area (TPSA) is 67.4 Å². The molecule has 0 aromatic heterocycles. The molecule has 1 atom stereocenters. The molecule has 0 heterocycles. The van der Waals surface area contributed by atoms with Gasteiger partial charge in [0.2, 0.25) is 7.44 Å². The Kier molecular flexibility index (Phi) is 6.79. The summed E-state index contributed by atoms with van der Waals surface area (Å²) in [6.07, 6.45) is 0.902. The van der Waals surface area contributed by atoms with Crippen LogP contribution in [0.5, 0.6) is 0 Å². The SMILES string of the molecule is CCCNP(C)(=O)NCC(=O)OCC. The highest BCUT2D eigenvalue weighted by molar-refractivity contribution is 7.59. The average Bonchev–Trinajstić information content (AvgIpc) is 2.13. The van der Waals surface area contributed by atoms with Crippen LogP contribution in [0.15, 0.2) is 0 Å². The van der Waals surface area contributed by atoms with Crippen molar-refractivity contribution >= 4 is 13.4 Å². The Balaban J connectivity index is 3.75. The molecule has 6 heteroatoms. The van der Waals surface area contributed by atoms with Crippen molar-refractivity contribution in [3.63, 3.8) is 0 Å². The highest BCUT2D eigenvalue weighted by Gasteiger charge is 2.14. The zero-order chi connectivity index (χ0) is 11.0. The van der Waals surface area contributed by atoms with Crippen molar-refractivity contribution in [1.82, 2.24) is 10.2 Å². The van der Waals surface area contributed by atoms with Crippen molar-refractivity contribution in [3.8, 4) is 0 Å². The standard InChI is InChI=1S/C8H19N2O3P/c1-4-6-9-14(3,12)10-7-8(11)13-5-2/h4-7H2,1-3H3,(H2,9,10,12). The minimum Gasteiger partial charge on any atom is -0.465 e. The van der Waals surface area contributed by atoms with Gasteiger partial charge in [-0.15, -0.1) is 0 Å². The Morgan fingerprint density at radius 3 is 2.50 bits per heavy atom. The van der Waals surface area contributed by atoms with Gasteiger partial charge in [-0.05, 0) is 13.3 Å². The predicted octanol–water partition coefficient (Wildman–Crippen LogP) is 0.962. The molecule has 5 nitrogen and oxygen atoms in total. The maximum Gasteiger partial charge on any atom is 0.320 e. The monoisotopic (exact) mass is 222 g/mol. The largest absolute Gasteiger partial charge is 0.465 e. The Morgan fingerprint density at radius 2 is 2.00 bits per heavy atom. The van der Waals surface area contributed by atoms with Gasteiger partial charge in [0.25, 0.3) is 0 Å². The van der Waals surface area contributed by atoms with Gasteiger partial charge < -0.3 is 4.74 Å². The van der Waals surface area contributed by atoms with E-state index < -0.39 is 7.44 Å². The summed E-state index contributed by atoms with van der Waals surface area (Å²) in [5, 5.41) is 5.49. The minimum absolute atomic E-state index is 0.0155. The molecule has 0 aromatic rings. The molecule has 0 amide bonds. The quantitative estimate of drug-likeness (QED) is 0.496. The molecule has 0 saturated carbocycles. The molecule has 0 aliphatic carbocycles. The highest BCUT2D eigenvalue weighted by Crippen LogP contribution is 2.29. The number of esters is 1. The van der Waals surface area contributed by atoms with Crippen molar-refractivity contribution in [2.75, 3.05) is 26.4 Å². The van der Waals surface area contributed by atoms with E-state index in [0.717, 1.165) is 6.42 Å². The molecule has 0 aliphatic heterocycles. The maximum atomic E-state index is 11.7. The molecule has 0 spiro atoms. The Morgan fingerprint density at radius 1 is 1.36 bits per heavy atom. The van der Waals surface area contributed by atoms with Crippen molar-refractivity contribution in [2.45, 2.75) is 20.3 Å². The molecule has 84 valence electrons. The molecular weight excluding hydrogens is 203 g/mol. The molecule has 0 bridgehead atoms. The van der Waals surface area contributed by atoms with E-state index in [2.05, 4.69) is 10.2 Å². The average molecular weight is 222 g/mol. The second-order valence-electron chi connectivity index (χ2n) is 2.97. The second kappa shape index (κ2) is 6.98. The Labute approximate surface area is 85.1 Å². The minimum atomic E-state index is -2.59. The first-order valence-electron chi connectivity index (χ1n) is 4.75. The summed E-state index contributed by atoms with van der Waals surface area (Å²) in [6, 6.07) is 0. The molecule has 1 unspecified atom stereocenters. The summed E-state index contributed by atoms with van der Waals surface area (Å²) < 4.78 is 16.3. The Hall–Kier alpha value is -0.380. The van der Waals surface area contributed by atoms with Crippen molar-refractivity contribution in [1.29, 1.82) is 0 Å². The summed E-state index contributed by atoms with van der Waals surface area (Å²) in [7, 11) is -2.59. The van der Waals surface area contributed by atoms with Gasteiger partial charge in [0.1, 0.15) is 6.54 Å². The molecule has 0 radical (unpaired) electrons. The molecule has 2 N–H and O–H groups in total. The van der Waals surface area contributed by atoms with Gasteiger partial charge in [0.15, 0.2) is 0 Å². The first kappa shape index (κ1) is 13.6. The number of ether oxygens (including phenoxy) is 1. The molecule has 0 rings (SSSR count). The van der Waals surface area contributed by atoms with E-state index in [9.17, 15) is 9.36 Å². The van der Waals surface area contributed by atoms with Crippen LogP contribution in [0.4, 0.5) is 0 Å². The van der Waals surface area contributed by atoms with Gasteiger partial charge in [-0.3, -0.25) is 14.4 Å². The zero-order valence-corrected chi connectivity index (χ0v) is 9.89. The normalized spacial score (nSPS) is 14.8. The van der Waals surface area contributed by atoms with Crippen LogP contribution in [0, 0.1) is 0 Å². The Bertz CT molecular complexity index is 221. The van der Waals surface area contributed by atoms with Crippen LogP contribution >= 0.6 is 7.44 Å².